The third kappa shape index (κ3) is 3.38. The third-order valence-corrected chi connectivity index (χ3v) is 7.15. The Morgan fingerprint density at radius 3 is 2.75 bits per heavy atom. The van der Waals surface area contributed by atoms with Crippen molar-refractivity contribution >= 4 is 43.5 Å². The van der Waals surface area contributed by atoms with E-state index in [1.54, 1.807) is 37.3 Å². The number of halogens is 1. The fraction of sp³-hybridized carbons (Fsp3) is 0.217. The number of pyridine rings is 1. The molecule has 0 saturated carbocycles. The van der Waals surface area contributed by atoms with Gasteiger partial charge < -0.3 is 9.32 Å². The summed E-state index contributed by atoms with van der Waals surface area (Å²) in [5, 5.41) is 0.747. The Kier molecular flexibility index (Phi) is 4.67. The van der Waals surface area contributed by atoms with E-state index < -0.39 is 21.7 Å². The molecule has 164 valence electrons. The molecule has 1 atom stereocenters. The highest BCUT2D eigenvalue weighted by atomic mass is 32.2. The quantitative estimate of drug-likeness (QED) is 0.499. The molecule has 9 heteroatoms. The van der Waals surface area contributed by atoms with Gasteiger partial charge in [-0.15, -0.1) is 0 Å². The third-order valence-electron chi connectivity index (χ3n) is 5.79. The Bertz CT molecular complexity index is 1500. The zero-order valence-corrected chi connectivity index (χ0v) is 18.2. The monoisotopic (exact) mass is 453 g/mol. The van der Waals surface area contributed by atoms with E-state index in [4.69, 9.17) is 4.42 Å². The number of para-hydroxylation sites is 1. The van der Waals surface area contributed by atoms with Crippen molar-refractivity contribution in [3.05, 3.63) is 65.8 Å². The molecule has 1 saturated heterocycles. The Labute approximate surface area is 183 Å². The number of aromatic nitrogens is 1. The van der Waals surface area contributed by atoms with E-state index in [0.29, 0.717) is 22.8 Å². The van der Waals surface area contributed by atoms with Crippen LogP contribution in [0.1, 0.15) is 29.6 Å². The van der Waals surface area contributed by atoms with Gasteiger partial charge in [0.25, 0.3) is 10.0 Å². The van der Waals surface area contributed by atoms with E-state index in [2.05, 4.69) is 4.98 Å². The minimum absolute atomic E-state index is 0.118. The van der Waals surface area contributed by atoms with Gasteiger partial charge in [0.15, 0.2) is 5.76 Å². The van der Waals surface area contributed by atoms with Crippen molar-refractivity contribution in [1.29, 1.82) is 0 Å². The van der Waals surface area contributed by atoms with Gasteiger partial charge in [-0.2, -0.15) is 0 Å². The molecule has 0 aliphatic carbocycles. The number of nitrogens with zero attached hydrogens (tertiary/aromatic N) is 2. The molecule has 2 aromatic heterocycles. The number of benzene rings is 2. The molecule has 4 aromatic rings. The molecule has 0 spiro atoms. The van der Waals surface area contributed by atoms with Crippen LogP contribution < -0.4 is 9.62 Å². The molecule has 1 amide bonds. The van der Waals surface area contributed by atoms with Crippen LogP contribution in [-0.2, 0) is 10.0 Å². The highest BCUT2D eigenvalue weighted by Crippen LogP contribution is 2.32. The second-order valence-corrected chi connectivity index (χ2v) is 9.65. The molecule has 5 rings (SSSR count). The van der Waals surface area contributed by atoms with Crippen LogP contribution in [0.4, 0.5) is 10.1 Å². The first-order valence-corrected chi connectivity index (χ1v) is 11.6. The fourth-order valence-electron chi connectivity index (χ4n) is 3.92. The second kappa shape index (κ2) is 7.30. The summed E-state index contributed by atoms with van der Waals surface area (Å²) in [5.41, 5.74) is 1.76. The van der Waals surface area contributed by atoms with Crippen LogP contribution in [0.25, 0.3) is 21.9 Å². The molecule has 0 bridgehead atoms. The summed E-state index contributed by atoms with van der Waals surface area (Å²) < 4.78 is 48.1. The van der Waals surface area contributed by atoms with E-state index in [9.17, 15) is 17.6 Å². The van der Waals surface area contributed by atoms with Gasteiger partial charge in [-0.1, -0.05) is 18.2 Å². The van der Waals surface area contributed by atoms with E-state index in [-0.39, 0.29) is 27.1 Å². The number of carbonyl (C=O) groups is 1. The predicted octanol–water partition coefficient (Wildman–Crippen LogP) is 4.15. The number of aryl methyl sites for hydroxylation is 1. The minimum Gasteiger partial charge on any atom is -0.451 e. The summed E-state index contributed by atoms with van der Waals surface area (Å²) in [5.74, 6) is -1.80. The van der Waals surface area contributed by atoms with Gasteiger partial charge in [0, 0.05) is 41.5 Å². The molecule has 2 aromatic carbocycles. The number of anilines is 1. The summed E-state index contributed by atoms with van der Waals surface area (Å²) in [6.45, 7) is 4.61. The summed E-state index contributed by atoms with van der Waals surface area (Å²) in [7, 11) is -4.25. The summed E-state index contributed by atoms with van der Waals surface area (Å²) in [6.07, 6.45) is 1.02. The predicted molar refractivity (Wildman–Crippen MR) is 119 cm³/mol. The number of carbonyl (C=O) groups excluding carboxylic acids is 1. The first-order valence-electron chi connectivity index (χ1n) is 10.2. The summed E-state index contributed by atoms with van der Waals surface area (Å²) >= 11 is 0. The lowest BCUT2D eigenvalue weighted by Gasteiger charge is -2.40. The van der Waals surface area contributed by atoms with Crippen molar-refractivity contribution in [2.45, 2.75) is 31.2 Å². The number of rotatable bonds is 4. The van der Waals surface area contributed by atoms with E-state index in [1.165, 1.54) is 18.2 Å². The zero-order chi connectivity index (χ0) is 22.6. The molecule has 3 heterocycles. The molecular formula is C23H20FN3O4S. The molecular weight excluding hydrogens is 433 g/mol. The molecule has 32 heavy (non-hydrogen) atoms. The first kappa shape index (κ1) is 20.4. The molecule has 1 aliphatic rings. The van der Waals surface area contributed by atoms with Gasteiger partial charge in [0.2, 0.25) is 0 Å². The molecule has 1 unspecified atom stereocenters. The van der Waals surface area contributed by atoms with Gasteiger partial charge in [-0.25, -0.2) is 17.5 Å². The van der Waals surface area contributed by atoms with Gasteiger partial charge in [0.05, 0.1) is 10.9 Å². The number of furan rings is 1. The van der Waals surface area contributed by atoms with Gasteiger partial charge in [0.1, 0.15) is 16.3 Å². The van der Waals surface area contributed by atoms with Crippen molar-refractivity contribution < 1.29 is 22.0 Å². The van der Waals surface area contributed by atoms with Crippen LogP contribution in [0.3, 0.4) is 0 Å². The van der Waals surface area contributed by atoms with Crippen LogP contribution in [0, 0.1) is 12.7 Å². The molecule has 1 aliphatic heterocycles. The Balaban J connectivity index is 1.48. The number of amides is 1. The number of fused-ring (bicyclic) bond motifs is 2. The van der Waals surface area contributed by atoms with Crippen molar-refractivity contribution in [3.63, 3.8) is 0 Å². The molecule has 1 fully saturated rings. The maximum absolute atomic E-state index is 14.6. The number of hydrogen-bond acceptors (Lipinski definition) is 6. The average Bonchev–Trinajstić information content (AvgIpc) is 3.17. The minimum atomic E-state index is -4.25. The Morgan fingerprint density at radius 2 is 2.03 bits per heavy atom. The second-order valence-electron chi connectivity index (χ2n) is 8.00. The normalized spacial score (nSPS) is 16.3. The lowest BCUT2D eigenvalue weighted by Crippen LogP contribution is -2.45. The number of sulfonamides is 1. The molecule has 7 nitrogen and oxygen atoms in total. The lowest BCUT2D eigenvalue weighted by atomic mass is 10.0. The van der Waals surface area contributed by atoms with Crippen LogP contribution in [-0.4, -0.2) is 31.9 Å². The maximum Gasteiger partial charge on any atom is 0.300 e. The largest absolute Gasteiger partial charge is 0.451 e. The zero-order valence-electron chi connectivity index (χ0n) is 17.4. The van der Waals surface area contributed by atoms with E-state index in [1.807, 2.05) is 16.5 Å². The van der Waals surface area contributed by atoms with Crippen LogP contribution in [0.5, 0.6) is 0 Å². The van der Waals surface area contributed by atoms with Gasteiger partial charge in [-0.05, 0) is 38.5 Å². The van der Waals surface area contributed by atoms with Crippen molar-refractivity contribution in [1.82, 2.24) is 9.71 Å². The molecule has 1 N–H and O–H groups in total. The van der Waals surface area contributed by atoms with Crippen LogP contribution in [0.15, 0.2) is 57.8 Å². The SMILES string of the molecule is Cc1ccc2cccc(S(=O)(=O)NC(=O)c3cc4c(F)cc(N5CCC5C)cc4o3)c2n1. The summed E-state index contributed by atoms with van der Waals surface area (Å²) in [4.78, 5) is 18.9. The van der Waals surface area contributed by atoms with E-state index >= 15 is 0 Å². The topological polar surface area (TPSA) is 92.5 Å². The standard InChI is InChI=1S/C23H20FN3O4S/c1-13-6-7-15-4-3-5-21(22(15)25-13)32(29,30)26-23(28)20-12-17-18(24)10-16(11-19(17)31-20)27-9-8-14(27)2/h3-7,10-12,14H,8-9H2,1-2H3,(H,26,28). The van der Waals surface area contributed by atoms with Crippen molar-refractivity contribution in [2.24, 2.45) is 0 Å². The van der Waals surface area contributed by atoms with Crippen LogP contribution in [0.2, 0.25) is 0 Å². The Hall–Kier alpha value is -3.46. The van der Waals surface area contributed by atoms with Crippen molar-refractivity contribution in [3.8, 4) is 0 Å². The lowest BCUT2D eigenvalue weighted by molar-refractivity contribution is 0.0956. The fourth-order valence-corrected chi connectivity index (χ4v) is 5.05. The van der Waals surface area contributed by atoms with Gasteiger partial charge in [-0.3, -0.25) is 9.78 Å². The number of hydrogen-bond donors (Lipinski definition) is 1. The van der Waals surface area contributed by atoms with Crippen LogP contribution >= 0.6 is 0 Å². The smallest absolute Gasteiger partial charge is 0.300 e. The average molecular weight is 453 g/mol. The maximum atomic E-state index is 14.6. The first-order chi connectivity index (χ1) is 15.2. The Morgan fingerprint density at radius 1 is 1.22 bits per heavy atom. The van der Waals surface area contributed by atoms with Gasteiger partial charge >= 0.3 is 5.91 Å². The highest BCUT2D eigenvalue weighted by Gasteiger charge is 2.27. The van der Waals surface area contributed by atoms with Crippen molar-refractivity contribution in [2.75, 3.05) is 11.4 Å². The highest BCUT2D eigenvalue weighted by molar-refractivity contribution is 7.90. The number of nitrogens with one attached hydrogen (secondary N) is 1. The molecule has 0 radical (unpaired) electrons. The van der Waals surface area contributed by atoms with E-state index in [0.717, 1.165) is 13.0 Å². The summed E-state index contributed by atoms with van der Waals surface area (Å²) in [6, 6.07) is 12.8.